The normalized spacial score (nSPS) is 22.2. The first-order valence-corrected chi connectivity index (χ1v) is 7.72. The Kier molecular flexibility index (Phi) is 4.05. The number of quaternary nitrogens is 1. The minimum absolute atomic E-state index is 0.248. The predicted octanol–water partition coefficient (Wildman–Crippen LogP) is 1.86. The molecule has 1 aliphatic rings. The fraction of sp³-hybridized carbons (Fsp3) is 0.385. The summed E-state index contributed by atoms with van der Waals surface area (Å²) in [7, 11) is -2.31. The van der Waals surface area contributed by atoms with Crippen LogP contribution in [0.1, 0.15) is 12.0 Å². The molecule has 0 saturated heterocycles. The Bertz CT molecular complexity index is 582. The second-order valence-corrected chi connectivity index (χ2v) is 6.15. The van der Waals surface area contributed by atoms with E-state index < -0.39 is 10.1 Å². The van der Waals surface area contributed by atoms with Crippen LogP contribution in [0.3, 0.4) is 0 Å². The topological polar surface area (TPSA) is 63.6 Å². The third kappa shape index (κ3) is 3.22. The van der Waals surface area contributed by atoms with Crippen molar-refractivity contribution in [2.75, 3.05) is 26.0 Å². The second-order valence-electron chi connectivity index (χ2n) is 4.58. The first-order chi connectivity index (χ1) is 8.97. The van der Waals surface area contributed by atoms with Gasteiger partial charge in [0, 0.05) is 18.1 Å². The molecule has 1 N–H and O–H groups in total. The van der Waals surface area contributed by atoms with Gasteiger partial charge in [0.15, 0.2) is 5.69 Å². The highest BCUT2D eigenvalue weighted by atomic mass is 32.2. The van der Waals surface area contributed by atoms with Crippen LogP contribution in [0.2, 0.25) is 0 Å². The van der Waals surface area contributed by atoms with Crippen molar-refractivity contribution in [1.29, 1.82) is 0 Å². The summed E-state index contributed by atoms with van der Waals surface area (Å²) in [5.74, 6) is -0.248. The maximum absolute atomic E-state index is 10.8. The molecular weight excluding hydrogens is 266 g/mol. The van der Waals surface area contributed by atoms with E-state index in [0.717, 1.165) is 11.3 Å². The highest BCUT2D eigenvalue weighted by molar-refractivity contribution is 7.85. The summed E-state index contributed by atoms with van der Waals surface area (Å²) in [6.07, 6.45) is 4.39. The van der Waals surface area contributed by atoms with Crippen molar-refractivity contribution < 1.29 is 17.8 Å². The van der Waals surface area contributed by atoms with Crippen LogP contribution >= 0.6 is 0 Å². The van der Waals surface area contributed by atoms with Crippen LogP contribution < -0.4 is 4.65 Å². The molecule has 0 radical (unpaired) electrons. The molecule has 0 spiro atoms. The number of hydroxylamine groups is 2. The summed E-state index contributed by atoms with van der Waals surface area (Å²) in [5.41, 5.74) is 2.09. The number of benzene rings is 1. The van der Waals surface area contributed by atoms with E-state index in [9.17, 15) is 8.42 Å². The van der Waals surface area contributed by atoms with Crippen LogP contribution in [0.5, 0.6) is 0 Å². The molecule has 0 saturated carbocycles. The molecule has 1 aliphatic heterocycles. The summed E-state index contributed by atoms with van der Waals surface area (Å²) in [6.45, 7) is 1.15. The van der Waals surface area contributed by atoms with Crippen LogP contribution in [0.4, 0.5) is 5.69 Å². The molecule has 1 heterocycles. The SMILES string of the molecule is CO[N+]1(CCCS(=O)(=O)O)CC=Cc2ccccc21. The third-order valence-electron chi connectivity index (χ3n) is 3.34. The maximum Gasteiger partial charge on any atom is 0.265 e. The van der Waals surface area contributed by atoms with Crippen molar-refractivity contribution in [2.45, 2.75) is 6.42 Å². The summed E-state index contributed by atoms with van der Waals surface area (Å²) in [5, 5.41) is 0. The van der Waals surface area contributed by atoms with E-state index in [1.54, 1.807) is 7.11 Å². The lowest BCUT2D eigenvalue weighted by molar-refractivity contribution is -0.112. The van der Waals surface area contributed by atoms with E-state index in [-0.39, 0.29) is 10.4 Å². The average molecular weight is 284 g/mol. The number of hydrogen-bond acceptors (Lipinski definition) is 3. The van der Waals surface area contributed by atoms with Gasteiger partial charge in [-0.15, -0.1) is 4.65 Å². The van der Waals surface area contributed by atoms with Crippen molar-refractivity contribution in [2.24, 2.45) is 0 Å². The Morgan fingerprint density at radius 3 is 2.79 bits per heavy atom. The van der Waals surface area contributed by atoms with Gasteiger partial charge in [0.2, 0.25) is 0 Å². The van der Waals surface area contributed by atoms with Gasteiger partial charge in [-0.05, 0) is 18.2 Å². The van der Waals surface area contributed by atoms with E-state index in [0.29, 0.717) is 19.5 Å². The predicted molar refractivity (Wildman–Crippen MR) is 75.0 cm³/mol. The number of nitrogens with zero attached hydrogens (tertiary/aromatic N) is 1. The van der Waals surface area contributed by atoms with Gasteiger partial charge in [0.25, 0.3) is 10.1 Å². The molecule has 2 rings (SSSR count). The Morgan fingerprint density at radius 1 is 1.37 bits per heavy atom. The van der Waals surface area contributed by atoms with E-state index >= 15 is 0 Å². The first kappa shape index (κ1) is 14.2. The van der Waals surface area contributed by atoms with Gasteiger partial charge < -0.3 is 0 Å². The zero-order valence-electron chi connectivity index (χ0n) is 10.8. The molecular formula is C13H18NO4S+. The molecule has 1 atom stereocenters. The summed E-state index contributed by atoms with van der Waals surface area (Å²) >= 11 is 0. The van der Waals surface area contributed by atoms with Crippen molar-refractivity contribution in [3.63, 3.8) is 0 Å². The van der Waals surface area contributed by atoms with E-state index in [4.69, 9.17) is 9.39 Å². The summed E-state index contributed by atoms with van der Waals surface area (Å²) in [6, 6.07) is 7.87. The molecule has 0 aromatic heterocycles. The number of para-hydroxylation sites is 1. The smallest absolute Gasteiger partial charge is 0.265 e. The Balaban J connectivity index is 2.22. The lowest BCUT2D eigenvalue weighted by atomic mass is 10.1. The van der Waals surface area contributed by atoms with Crippen LogP contribution in [-0.4, -0.2) is 38.9 Å². The average Bonchev–Trinajstić information content (AvgIpc) is 2.37. The van der Waals surface area contributed by atoms with E-state index in [2.05, 4.69) is 0 Å². The highest BCUT2D eigenvalue weighted by Gasteiger charge is 2.34. The first-order valence-electron chi connectivity index (χ1n) is 6.11. The Labute approximate surface area is 113 Å². The number of fused-ring (bicyclic) bond motifs is 1. The molecule has 6 heteroatoms. The highest BCUT2D eigenvalue weighted by Crippen LogP contribution is 2.32. The van der Waals surface area contributed by atoms with Crippen molar-refractivity contribution in [3.05, 3.63) is 35.9 Å². The fourth-order valence-electron chi connectivity index (χ4n) is 2.43. The quantitative estimate of drug-likeness (QED) is 0.662. The molecule has 19 heavy (non-hydrogen) atoms. The lowest BCUT2D eigenvalue weighted by Gasteiger charge is -2.35. The van der Waals surface area contributed by atoms with Crippen molar-refractivity contribution >= 4 is 21.9 Å². The van der Waals surface area contributed by atoms with Crippen molar-refractivity contribution in [1.82, 2.24) is 4.65 Å². The van der Waals surface area contributed by atoms with Gasteiger partial charge in [0.1, 0.15) is 13.1 Å². The molecule has 1 aromatic rings. The molecule has 0 bridgehead atoms. The molecule has 1 aromatic carbocycles. The molecule has 0 amide bonds. The minimum Gasteiger partial charge on any atom is -0.286 e. The minimum atomic E-state index is -3.92. The summed E-state index contributed by atoms with van der Waals surface area (Å²) in [4.78, 5) is 5.63. The lowest BCUT2D eigenvalue weighted by Crippen LogP contribution is -2.50. The molecule has 0 aliphatic carbocycles. The van der Waals surface area contributed by atoms with Gasteiger partial charge in [-0.3, -0.25) is 4.55 Å². The van der Waals surface area contributed by atoms with Crippen molar-refractivity contribution in [3.8, 4) is 0 Å². The molecule has 1 unspecified atom stereocenters. The van der Waals surface area contributed by atoms with Crippen LogP contribution in [-0.2, 0) is 15.0 Å². The largest absolute Gasteiger partial charge is 0.286 e. The van der Waals surface area contributed by atoms with E-state index in [1.165, 1.54) is 0 Å². The van der Waals surface area contributed by atoms with Gasteiger partial charge in [0.05, 0.1) is 12.9 Å². The third-order valence-corrected chi connectivity index (χ3v) is 4.15. The molecule has 104 valence electrons. The molecule has 5 nitrogen and oxygen atoms in total. The van der Waals surface area contributed by atoms with Gasteiger partial charge in [-0.1, -0.05) is 12.1 Å². The van der Waals surface area contributed by atoms with E-state index in [1.807, 2.05) is 36.4 Å². The van der Waals surface area contributed by atoms with Gasteiger partial charge in [-0.25, -0.2) is 4.84 Å². The second kappa shape index (κ2) is 5.42. The van der Waals surface area contributed by atoms with Crippen LogP contribution in [0, 0.1) is 0 Å². The van der Waals surface area contributed by atoms with Crippen LogP contribution in [0.15, 0.2) is 30.3 Å². The maximum atomic E-state index is 10.8. The monoisotopic (exact) mass is 284 g/mol. The van der Waals surface area contributed by atoms with Crippen LogP contribution in [0.25, 0.3) is 6.08 Å². The zero-order valence-corrected chi connectivity index (χ0v) is 11.6. The van der Waals surface area contributed by atoms with Gasteiger partial charge in [-0.2, -0.15) is 8.42 Å². The zero-order chi connectivity index (χ0) is 13.9. The number of rotatable bonds is 5. The van der Waals surface area contributed by atoms with Gasteiger partial charge >= 0.3 is 0 Å². The fourth-order valence-corrected chi connectivity index (χ4v) is 2.92. The standard InChI is InChI=1S/C13H17NO4S/c1-18-14(10-5-11-19(15,16)17)9-4-7-12-6-2-3-8-13(12)14/h2-4,6-8H,5,9-11H2,1H3/p+1. The number of hydrogen-bond donors (Lipinski definition) is 1. The Hall–Kier alpha value is -1.21. The Morgan fingerprint density at radius 2 is 2.11 bits per heavy atom. The summed E-state index contributed by atoms with van der Waals surface area (Å²) < 4.78 is 30.7. The molecule has 0 fully saturated rings.